The molecular formula is C24H21N3O2. The number of nitrogens with zero attached hydrogens (tertiary/aromatic N) is 3. The lowest BCUT2D eigenvalue weighted by Gasteiger charge is -2.15. The quantitative estimate of drug-likeness (QED) is 0.449. The van der Waals surface area contributed by atoms with Crippen molar-refractivity contribution in [2.45, 2.75) is 6.54 Å². The van der Waals surface area contributed by atoms with Crippen LogP contribution < -0.4 is 0 Å². The topological polar surface area (TPSA) is 51.3 Å². The second kappa shape index (κ2) is 8.44. The Labute approximate surface area is 169 Å². The second-order valence-corrected chi connectivity index (χ2v) is 6.69. The van der Waals surface area contributed by atoms with E-state index in [2.05, 4.69) is 0 Å². The van der Waals surface area contributed by atoms with Gasteiger partial charge >= 0.3 is 0 Å². The molecule has 0 atom stereocenters. The van der Waals surface area contributed by atoms with Crippen LogP contribution in [0.25, 0.3) is 23.0 Å². The zero-order valence-electron chi connectivity index (χ0n) is 16.1. The van der Waals surface area contributed by atoms with Crippen molar-refractivity contribution in [2.24, 2.45) is 0 Å². The van der Waals surface area contributed by atoms with Crippen LogP contribution in [-0.2, 0) is 11.3 Å². The molecule has 5 heteroatoms. The Kier molecular flexibility index (Phi) is 5.38. The number of likely N-dealkylation sites (N-methyl/N-ethyl adjacent to an activating group) is 1. The second-order valence-electron chi connectivity index (χ2n) is 6.69. The molecule has 0 bridgehead atoms. The fraction of sp³-hybridized carbons (Fsp3) is 0.0833. The summed E-state index contributed by atoms with van der Waals surface area (Å²) in [7, 11) is 1.78. The number of hydrogen-bond donors (Lipinski definition) is 0. The predicted molar refractivity (Wildman–Crippen MR) is 113 cm³/mol. The third-order valence-corrected chi connectivity index (χ3v) is 4.58. The summed E-state index contributed by atoms with van der Waals surface area (Å²) in [6.07, 6.45) is 6.75. The molecule has 0 aliphatic carbocycles. The maximum absolute atomic E-state index is 12.5. The lowest BCUT2D eigenvalue weighted by molar-refractivity contribution is -0.125. The summed E-state index contributed by atoms with van der Waals surface area (Å²) >= 11 is 0. The van der Waals surface area contributed by atoms with E-state index >= 15 is 0 Å². The van der Waals surface area contributed by atoms with Gasteiger partial charge in [0.15, 0.2) is 0 Å². The molecule has 4 rings (SSSR count). The molecule has 0 aliphatic rings. The number of hydrogen-bond acceptors (Lipinski definition) is 3. The molecule has 1 amide bonds. The van der Waals surface area contributed by atoms with Gasteiger partial charge in [-0.25, -0.2) is 4.68 Å². The third-order valence-electron chi connectivity index (χ3n) is 4.58. The zero-order valence-corrected chi connectivity index (χ0v) is 16.1. The highest BCUT2D eigenvalue weighted by Crippen LogP contribution is 2.24. The number of furan rings is 1. The average molecular weight is 383 g/mol. The summed E-state index contributed by atoms with van der Waals surface area (Å²) in [5, 5.41) is 4.80. The van der Waals surface area contributed by atoms with Crippen molar-refractivity contribution < 1.29 is 9.21 Å². The number of aromatic nitrogens is 2. The predicted octanol–water partition coefficient (Wildman–Crippen LogP) is 4.80. The van der Waals surface area contributed by atoms with E-state index in [4.69, 9.17) is 9.52 Å². The first kappa shape index (κ1) is 18.5. The number of rotatable bonds is 6. The molecule has 5 nitrogen and oxygen atoms in total. The Hall–Kier alpha value is -3.86. The number of benzene rings is 2. The Morgan fingerprint density at radius 1 is 1.03 bits per heavy atom. The highest BCUT2D eigenvalue weighted by Gasteiger charge is 2.15. The van der Waals surface area contributed by atoms with Crippen LogP contribution in [0, 0.1) is 0 Å². The van der Waals surface area contributed by atoms with Gasteiger partial charge in [-0.05, 0) is 30.3 Å². The average Bonchev–Trinajstić information content (AvgIpc) is 3.43. The van der Waals surface area contributed by atoms with E-state index in [9.17, 15) is 4.79 Å². The monoisotopic (exact) mass is 383 g/mol. The number of carbonyl (C=O) groups is 1. The molecule has 29 heavy (non-hydrogen) atoms. The number of carbonyl (C=O) groups excluding carboxylic acids is 1. The van der Waals surface area contributed by atoms with Crippen LogP contribution in [0.15, 0.2) is 95.7 Å². The van der Waals surface area contributed by atoms with Gasteiger partial charge in [0.05, 0.1) is 17.6 Å². The number of para-hydroxylation sites is 1. The van der Waals surface area contributed by atoms with E-state index in [-0.39, 0.29) is 5.91 Å². The van der Waals surface area contributed by atoms with E-state index in [1.807, 2.05) is 71.5 Å². The van der Waals surface area contributed by atoms with Gasteiger partial charge in [-0.2, -0.15) is 5.10 Å². The van der Waals surface area contributed by atoms with Crippen molar-refractivity contribution in [1.82, 2.24) is 14.7 Å². The van der Waals surface area contributed by atoms with Gasteiger partial charge in [-0.1, -0.05) is 48.5 Å². The minimum absolute atomic E-state index is 0.104. The van der Waals surface area contributed by atoms with E-state index in [1.165, 1.54) is 6.08 Å². The molecule has 2 aromatic carbocycles. The highest BCUT2D eigenvalue weighted by atomic mass is 16.3. The van der Waals surface area contributed by atoms with Crippen molar-refractivity contribution in [3.8, 4) is 16.9 Å². The van der Waals surface area contributed by atoms with Crippen LogP contribution in [-0.4, -0.2) is 27.6 Å². The van der Waals surface area contributed by atoms with Gasteiger partial charge in [0.2, 0.25) is 5.91 Å². The Bertz CT molecular complexity index is 1100. The Morgan fingerprint density at radius 3 is 2.45 bits per heavy atom. The summed E-state index contributed by atoms with van der Waals surface area (Å²) in [6, 6.07) is 23.6. The summed E-state index contributed by atoms with van der Waals surface area (Å²) in [4.78, 5) is 14.2. The van der Waals surface area contributed by atoms with Crippen molar-refractivity contribution in [2.75, 3.05) is 7.05 Å². The van der Waals surface area contributed by atoms with Gasteiger partial charge in [0, 0.05) is 37.0 Å². The molecule has 0 saturated heterocycles. The maximum Gasteiger partial charge on any atom is 0.246 e. The first-order valence-corrected chi connectivity index (χ1v) is 9.37. The van der Waals surface area contributed by atoms with Crippen LogP contribution >= 0.6 is 0 Å². The zero-order chi connectivity index (χ0) is 20.1. The molecule has 0 spiro atoms. The van der Waals surface area contributed by atoms with Crippen molar-refractivity contribution in [3.05, 3.63) is 103 Å². The molecule has 2 heterocycles. The fourth-order valence-corrected chi connectivity index (χ4v) is 3.08. The van der Waals surface area contributed by atoms with Gasteiger partial charge in [-0.15, -0.1) is 0 Å². The minimum atomic E-state index is -0.104. The van der Waals surface area contributed by atoms with Crippen LogP contribution in [0.3, 0.4) is 0 Å². The largest absolute Gasteiger partial charge is 0.465 e. The molecule has 0 N–H and O–H groups in total. The van der Waals surface area contributed by atoms with Crippen LogP contribution in [0.5, 0.6) is 0 Å². The minimum Gasteiger partial charge on any atom is -0.465 e. The van der Waals surface area contributed by atoms with E-state index in [0.29, 0.717) is 12.3 Å². The first-order chi connectivity index (χ1) is 14.2. The lowest BCUT2D eigenvalue weighted by Crippen LogP contribution is -2.24. The molecule has 0 fully saturated rings. The molecular weight excluding hydrogens is 362 g/mol. The molecule has 144 valence electrons. The maximum atomic E-state index is 12.5. The van der Waals surface area contributed by atoms with Gasteiger partial charge < -0.3 is 9.32 Å². The SMILES string of the molecule is CN(Cc1cn(-c2ccccc2)nc1-c1ccccc1)C(=O)/C=C/c1ccco1. The molecule has 0 unspecified atom stereocenters. The molecule has 0 aliphatic heterocycles. The van der Waals surface area contributed by atoms with Crippen LogP contribution in [0.1, 0.15) is 11.3 Å². The summed E-state index contributed by atoms with van der Waals surface area (Å²) in [6.45, 7) is 0.443. The van der Waals surface area contributed by atoms with E-state index in [0.717, 1.165) is 22.5 Å². The molecule has 4 aromatic rings. The third kappa shape index (κ3) is 4.35. The first-order valence-electron chi connectivity index (χ1n) is 9.37. The summed E-state index contributed by atoms with van der Waals surface area (Å²) in [5.74, 6) is 0.543. The summed E-state index contributed by atoms with van der Waals surface area (Å²) < 4.78 is 7.10. The highest BCUT2D eigenvalue weighted by molar-refractivity contribution is 5.91. The summed E-state index contributed by atoms with van der Waals surface area (Å²) in [5.41, 5.74) is 3.83. The standard InChI is InChI=1S/C24H21N3O2/c1-26(23(28)15-14-22-13-8-16-29-22)17-20-18-27(21-11-6-3-7-12-21)25-24(20)19-9-4-2-5-10-19/h2-16,18H,17H2,1H3/b15-14+. The van der Waals surface area contributed by atoms with Crippen molar-refractivity contribution in [1.29, 1.82) is 0 Å². The van der Waals surface area contributed by atoms with Crippen LogP contribution in [0.2, 0.25) is 0 Å². The van der Waals surface area contributed by atoms with Gasteiger partial charge in [0.1, 0.15) is 5.76 Å². The smallest absolute Gasteiger partial charge is 0.246 e. The Morgan fingerprint density at radius 2 is 1.76 bits per heavy atom. The molecule has 0 saturated carbocycles. The van der Waals surface area contributed by atoms with E-state index in [1.54, 1.807) is 36.4 Å². The van der Waals surface area contributed by atoms with Crippen molar-refractivity contribution >= 4 is 12.0 Å². The normalized spacial score (nSPS) is 11.1. The van der Waals surface area contributed by atoms with Crippen molar-refractivity contribution in [3.63, 3.8) is 0 Å². The van der Waals surface area contributed by atoms with Gasteiger partial charge in [0.25, 0.3) is 0 Å². The molecule has 2 aromatic heterocycles. The number of amides is 1. The lowest BCUT2D eigenvalue weighted by atomic mass is 10.1. The van der Waals surface area contributed by atoms with E-state index < -0.39 is 0 Å². The van der Waals surface area contributed by atoms with Crippen LogP contribution in [0.4, 0.5) is 0 Å². The Balaban J connectivity index is 1.61. The molecule has 0 radical (unpaired) electrons. The fourth-order valence-electron chi connectivity index (χ4n) is 3.08. The van der Waals surface area contributed by atoms with Gasteiger partial charge in [-0.3, -0.25) is 4.79 Å².